The molecule has 3 rings (SSSR count). The smallest absolute Gasteiger partial charge is 0.121 e. The minimum atomic E-state index is 0. The number of hydrogen-bond acceptors (Lipinski definition) is 2. The Morgan fingerprint density at radius 3 is 2.81 bits per heavy atom. The molecular formula is C17H21ClN2O. The van der Waals surface area contributed by atoms with Crippen molar-refractivity contribution < 1.29 is 4.74 Å². The molecule has 2 aromatic heterocycles. The highest BCUT2D eigenvalue weighted by Gasteiger charge is 2.07. The summed E-state index contributed by atoms with van der Waals surface area (Å²) >= 11 is 0. The molecule has 3 aromatic rings. The zero-order chi connectivity index (χ0) is 13.9. The van der Waals surface area contributed by atoms with Crippen LogP contribution < -0.4 is 4.74 Å². The number of fused-ring (bicyclic) bond motifs is 3. The van der Waals surface area contributed by atoms with E-state index < -0.39 is 0 Å². The maximum absolute atomic E-state index is 5.81. The van der Waals surface area contributed by atoms with Gasteiger partial charge in [-0.3, -0.25) is 4.98 Å². The third-order valence-corrected chi connectivity index (χ3v) is 3.70. The molecule has 1 N–H and O–H groups in total. The Bertz CT molecular complexity index is 736. The third kappa shape index (κ3) is 3.13. The van der Waals surface area contributed by atoms with Crippen molar-refractivity contribution in [3.63, 3.8) is 0 Å². The van der Waals surface area contributed by atoms with Gasteiger partial charge in [0.25, 0.3) is 0 Å². The van der Waals surface area contributed by atoms with Gasteiger partial charge in [0, 0.05) is 23.0 Å². The van der Waals surface area contributed by atoms with Crippen molar-refractivity contribution in [1.82, 2.24) is 9.97 Å². The average molecular weight is 305 g/mol. The Kier molecular flexibility index (Phi) is 5.07. The van der Waals surface area contributed by atoms with Crippen LogP contribution in [0.1, 0.15) is 31.9 Å². The number of nitrogens with one attached hydrogen (secondary N) is 1. The minimum absolute atomic E-state index is 0. The van der Waals surface area contributed by atoms with Gasteiger partial charge in [-0.2, -0.15) is 0 Å². The van der Waals surface area contributed by atoms with Gasteiger partial charge in [0.1, 0.15) is 5.75 Å². The summed E-state index contributed by atoms with van der Waals surface area (Å²) in [6.07, 6.45) is 5.42. The number of benzene rings is 1. The van der Waals surface area contributed by atoms with E-state index in [-0.39, 0.29) is 12.4 Å². The van der Waals surface area contributed by atoms with Gasteiger partial charge < -0.3 is 9.72 Å². The van der Waals surface area contributed by atoms with E-state index in [0.29, 0.717) is 0 Å². The molecule has 0 bridgehead atoms. The lowest BCUT2D eigenvalue weighted by atomic mass is 10.1. The van der Waals surface area contributed by atoms with E-state index in [1.165, 1.54) is 23.6 Å². The van der Waals surface area contributed by atoms with Crippen molar-refractivity contribution in [2.45, 2.75) is 33.1 Å². The highest BCUT2D eigenvalue weighted by Crippen LogP contribution is 2.29. The van der Waals surface area contributed by atoms with Crippen LogP contribution in [0.4, 0.5) is 0 Å². The van der Waals surface area contributed by atoms with Gasteiger partial charge in [-0.25, -0.2) is 0 Å². The molecule has 0 saturated carbocycles. The molecule has 0 aliphatic heterocycles. The summed E-state index contributed by atoms with van der Waals surface area (Å²) in [5, 5.41) is 2.46. The molecule has 0 fully saturated rings. The molecule has 0 amide bonds. The largest absolute Gasteiger partial charge is 0.494 e. The number of unbranched alkanes of at least 4 members (excludes halogenated alkanes) is 2. The number of ether oxygens (including phenoxy) is 1. The highest BCUT2D eigenvalue weighted by atomic mass is 35.5. The molecule has 2 heterocycles. The number of aromatic amines is 1. The van der Waals surface area contributed by atoms with Crippen LogP contribution in [0, 0.1) is 6.92 Å². The topological polar surface area (TPSA) is 37.9 Å². The quantitative estimate of drug-likeness (QED) is 0.672. The van der Waals surface area contributed by atoms with Gasteiger partial charge in [0.15, 0.2) is 0 Å². The first-order valence-corrected chi connectivity index (χ1v) is 7.29. The van der Waals surface area contributed by atoms with Crippen molar-refractivity contribution in [3.05, 3.63) is 36.2 Å². The highest BCUT2D eigenvalue weighted by molar-refractivity contribution is 6.08. The predicted molar refractivity (Wildman–Crippen MR) is 90.6 cm³/mol. The van der Waals surface area contributed by atoms with E-state index in [1.54, 1.807) is 0 Å². The van der Waals surface area contributed by atoms with Crippen LogP contribution in [0.5, 0.6) is 5.75 Å². The van der Waals surface area contributed by atoms with E-state index in [2.05, 4.69) is 41.2 Å². The van der Waals surface area contributed by atoms with Crippen LogP contribution in [0.3, 0.4) is 0 Å². The van der Waals surface area contributed by atoms with Crippen molar-refractivity contribution in [1.29, 1.82) is 0 Å². The molecule has 0 spiro atoms. The SMILES string of the molecule is CCCCCOc1ccc2c(c1)[nH]c1c(C)nccc12.Cl. The van der Waals surface area contributed by atoms with Crippen LogP contribution in [0.25, 0.3) is 21.8 Å². The predicted octanol–water partition coefficient (Wildman–Crippen LogP) is 5.02. The Morgan fingerprint density at radius 2 is 2.00 bits per heavy atom. The molecule has 3 nitrogen and oxygen atoms in total. The van der Waals surface area contributed by atoms with Crippen LogP contribution >= 0.6 is 12.4 Å². The van der Waals surface area contributed by atoms with Gasteiger partial charge >= 0.3 is 0 Å². The second kappa shape index (κ2) is 6.81. The lowest BCUT2D eigenvalue weighted by Crippen LogP contribution is -1.96. The van der Waals surface area contributed by atoms with Crippen LogP contribution in [0.2, 0.25) is 0 Å². The second-order valence-electron chi connectivity index (χ2n) is 5.21. The fourth-order valence-electron chi connectivity index (χ4n) is 2.58. The minimum Gasteiger partial charge on any atom is -0.494 e. The lowest BCUT2D eigenvalue weighted by molar-refractivity contribution is 0.306. The first-order chi connectivity index (χ1) is 9.79. The number of rotatable bonds is 5. The van der Waals surface area contributed by atoms with E-state index >= 15 is 0 Å². The summed E-state index contributed by atoms with van der Waals surface area (Å²) in [6.45, 7) is 5.02. The maximum atomic E-state index is 5.81. The van der Waals surface area contributed by atoms with Gasteiger partial charge in [-0.1, -0.05) is 19.8 Å². The average Bonchev–Trinajstić information content (AvgIpc) is 2.83. The number of aromatic nitrogens is 2. The molecule has 0 aliphatic rings. The number of halogens is 1. The molecule has 4 heteroatoms. The number of aryl methyl sites for hydroxylation is 1. The van der Waals surface area contributed by atoms with Gasteiger partial charge in [0.05, 0.1) is 23.3 Å². The lowest BCUT2D eigenvalue weighted by Gasteiger charge is -2.05. The molecular weight excluding hydrogens is 284 g/mol. The van der Waals surface area contributed by atoms with E-state index in [9.17, 15) is 0 Å². The van der Waals surface area contributed by atoms with E-state index in [0.717, 1.165) is 35.5 Å². The normalized spacial score (nSPS) is 10.8. The monoisotopic (exact) mass is 304 g/mol. The first kappa shape index (κ1) is 15.6. The number of hydrogen-bond donors (Lipinski definition) is 1. The second-order valence-corrected chi connectivity index (χ2v) is 5.21. The molecule has 21 heavy (non-hydrogen) atoms. The fraction of sp³-hybridized carbons (Fsp3) is 0.353. The summed E-state index contributed by atoms with van der Waals surface area (Å²) in [7, 11) is 0. The molecule has 0 radical (unpaired) electrons. The molecule has 1 aromatic carbocycles. The molecule has 0 saturated heterocycles. The first-order valence-electron chi connectivity index (χ1n) is 7.29. The number of H-pyrrole nitrogens is 1. The van der Waals surface area contributed by atoms with Gasteiger partial charge in [-0.15, -0.1) is 12.4 Å². The fourth-order valence-corrected chi connectivity index (χ4v) is 2.58. The molecule has 0 atom stereocenters. The zero-order valence-corrected chi connectivity index (χ0v) is 13.3. The van der Waals surface area contributed by atoms with E-state index in [1.807, 2.05) is 13.1 Å². The van der Waals surface area contributed by atoms with E-state index in [4.69, 9.17) is 4.74 Å². The maximum Gasteiger partial charge on any atom is 0.121 e. The van der Waals surface area contributed by atoms with Crippen molar-refractivity contribution in [2.75, 3.05) is 6.61 Å². The van der Waals surface area contributed by atoms with Crippen molar-refractivity contribution >= 4 is 34.2 Å². The molecule has 112 valence electrons. The number of pyridine rings is 1. The summed E-state index contributed by atoms with van der Waals surface area (Å²) in [5.41, 5.74) is 3.26. The summed E-state index contributed by atoms with van der Waals surface area (Å²) in [4.78, 5) is 7.78. The van der Waals surface area contributed by atoms with Gasteiger partial charge in [0.2, 0.25) is 0 Å². The zero-order valence-electron chi connectivity index (χ0n) is 12.5. The third-order valence-electron chi connectivity index (χ3n) is 3.70. The molecule has 0 aliphatic carbocycles. The Labute approximate surface area is 131 Å². The van der Waals surface area contributed by atoms with Crippen LogP contribution in [-0.4, -0.2) is 16.6 Å². The summed E-state index contributed by atoms with van der Waals surface area (Å²) in [5.74, 6) is 0.936. The number of nitrogens with zero attached hydrogens (tertiary/aromatic N) is 1. The standard InChI is InChI=1S/C17H20N2O.ClH/c1-3-4-5-10-20-13-6-7-14-15-8-9-18-12(2)17(15)19-16(14)11-13;/h6-9,11,19H,3-5,10H2,1-2H3;1H. The Balaban J connectivity index is 0.00000161. The van der Waals surface area contributed by atoms with Crippen LogP contribution in [0.15, 0.2) is 30.5 Å². The summed E-state index contributed by atoms with van der Waals surface area (Å²) < 4.78 is 5.81. The Morgan fingerprint density at radius 1 is 1.14 bits per heavy atom. The van der Waals surface area contributed by atoms with Crippen LogP contribution in [-0.2, 0) is 0 Å². The Hall–Kier alpha value is -1.74. The van der Waals surface area contributed by atoms with Crippen molar-refractivity contribution in [2.24, 2.45) is 0 Å². The summed E-state index contributed by atoms with van der Waals surface area (Å²) in [6, 6.07) is 8.32. The van der Waals surface area contributed by atoms with Gasteiger partial charge in [-0.05, 0) is 31.5 Å². The molecule has 0 unspecified atom stereocenters. The van der Waals surface area contributed by atoms with Crippen molar-refractivity contribution in [3.8, 4) is 5.75 Å².